The monoisotopic (exact) mass is 386 g/mol. The number of hydrogen-bond acceptors (Lipinski definition) is 5. The van der Waals surface area contributed by atoms with Crippen molar-refractivity contribution < 1.29 is 14.0 Å². The molecule has 0 spiro atoms. The molecule has 0 aliphatic carbocycles. The van der Waals surface area contributed by atoms with Crippen molar-refractivity contribution in [2.24, 2.45) is 0 Å². The number of pyridine rings is 1. The Morgan fingerprint density at radius 1 is 1.15 bits per heavy atom. The average Bonchev–Trinajstić information content (AvgIpc) is 2.64. The molecule has 2 rings (SSSR count). The number of carbonyl (C=O) groups is 2. The Morgan fingerprint density at radius 3 is 2.44 bits per heavy atom. The van der Waals surface area contributed by atoms with E-state index in [2.05, 4.69) is 21.7 Å². The highest BCUT2D eigenvalue weighted by atomic mass is 32.2. The van der Waals surface area contributed by atoms with Crippen LogP contribution in [0.25, 0.3) is 0 Å². The van der Waals surface area contributed by atoms with Gasteiger partial charge in [-0.25, -0.2) is 9.37 Å². The van der Waals surface area contributed by atoms with Crippen LogP contribution in [0.15, 0.2) is 29.3 Å². The number of amides is 2. The molecule has 0 aliphatic heterocycles. The van der Waals surface area contributed by atoms with Crippen LogP contribution in [0.3, 0.4) is 0 Å². The average molecular weight is 386 g/mol. The number of thioether (sulfide) groups is 1. The van der Waals surface area contributed by atoms with Crippen molar-refractivity contribution in [1.82, 2.24) is 10.3 Å². The molecule has 2 N–H and O–H groups in total. The van der Waals surface area contributed by atoms with Crippen molar-refractivity contribution in [3.8, 4) is 6.07 Å². The summed E-state index contributed by atoms with van der Waals surface area (Å²) in [5.41, 5.74) is 3.53. The second-order valence-corrected chi connectivity index (χ2v) is 6.82. The minimum Gasteiger partial charge on any atom is -0.346 e. The maximum Gasteiger partial charge on any atom is 0.243 e. The molecule has 0 unspecified atom stereocenters. The normalized spacial score (nSPS) is 10.2. The molecule has 2 amide bonds. The smallest absolute Gasteiger partial charge is 0.243 e. The largest absolute Gasteiger partial charge is 0.346 e. The summed E-state index contributed by atoms with van der Waals surface area (Å²) in [6, 6.07) is 7.46. The van der Waals surface area contributed by atoms with Gasteiger partial charge in [0.25, 0.3) is 0 Å². The summed E-state index contributed by atoms with van der Waals surface area (Å²) >= 11 is 1.15. The lowest BCUT2D eigenvalue weighted by molar-refractivity contribution is -0.122. The summed E-state index contributed by atoms with van der Waals surface area (Å²) in [4.78, 5) is 28.2. The van der Waals surface area contributed by atoms with Crippen LogP contribution in [0.1, 0.15) is 22.4 Å². The molecule has 140 valence electrons. The van der Waals surface area contributed by atoms with Crippen molar-refractivity contribution in [2.45, 2.75) is 25.8 Å². The molecule has 0 bridgehead atoms. The van der Waals surface area contributed by atoms with Crippen LogP contribution in [0.4, 0.5) is 10.1 Å². The Hall–Kier alpha value is -2.92. The Labute approximate surface area is 161 Å². The minimum absolute atomic E-state index is 0.0352. The molecule has 2 aromatic rings. The minimum atomic E-state index is -0.419. The first kappa shape index (κ1) is 20.4. The Bertz CT molecular complexity index is 907. The predicted octanol–water partition coefficient (Wildman–Crippen LogP) is 2.86. The highest BCUT2D eigenvalue weighted by Crippen LogP contribution is 2.26. The van der Waals surface area contributed by atoms with Gasteiger partial charge < -0.3 is 10.6 Å². The number of aromatic nitrogens is 1. The summed E-state index contributed by atoms with van der Waals surface area (Å²) < 4.78 is 12.8. The van der Waals surface area contributed by atoms with Gasteiger partial charge in [0.15, 0.2) is 0 Å². The number of nitrogens with zero attached hydrogens (tertiary/aromatic N) is 2. The summed E-state index contributed by atoms with van der Waals surface area (Å²) in [5.74, 6) is -1.13. The van der Waals surface area contributed by atoms with Gasteiger partial charge in [-0.3, -0.25) is 9.59 Å². The van der Waals surface area contributed by atoms with Crippen LogP contribution in [-0.2, 0) is 9.59 Å². The van der Waals surface area contributed by atoms with E-state index in [4.69, 9.17) is 0 Å². The highest BCUT2D eigenvalue weighted by Gasteiger charge is 2.14. The first-order valence-electron chi connectivity index (χ1n) is 8.14. The van der Waals surface area contributed by atoms with Gasteiger partial charge in [0.2, 0.25) is 11.8 Å². The van der Waals surface area contributed by atoms with Gasteiger partial charge >= 0.3 is 0 Å². The Kier molecular flexibility index (Phi) is 6.91. The van der Waals surface area contributed by atoms with Crippen LogP contribution in [-0.4, -0.2) is 29.1 Å². The van der Waals surface area contributed by atoms with E-state index >= 15 is 0 Å². The Balaban J connectivity index is 1.87. The van der Waals surface area contributed by atoms with Crippen molar-refractivity contribution in [3.05, 3.63) is 52.5 Å². The van der Waals surface area contributed by atoms with Gasteiger partial charge in [0, 0.05) is 11.4 Å². The first-order chi connectivity index (χ1) is 12.8. The SMILES string of the molecule is Cc1nc(SCC(=O)NCC(=O)Nc2ccc(F)cc2)c(C#N)c(C)c1C. The quantitative estimate of drug-likeness (QED) is 0.745. The zero-order valence-corrected chi connectivity index (χ0v) is 16.0. The summed E-state index contributed by atoms with van der Waals surface area (Å²) in [5, 5.41) is 14.9. The standard InChI is InChI=1S/C19H19FN4O2S/c1-11-12(2)16(8-21)19(23-13(11)3)27-10-18(26)22-9-17(25)24-15-6-4-14(20)5-7-15/h4-7H,9-10H2,1-3H3,(H,22,26)(H,24,25). The number of halogens is 1. The van der Waals surface area contributed by atoms with Crippen molar-refractivity contribution >= 4 is 29.3 Å². The number of anilines is 1. The summed E-state index contributed by atoms with van der Waals surface area (Å²) in [7, 11) is 0. The second-order valence-electron chi connectivity index (χ2n) is 5.86. The number of nitriles is 1. The van der Waals surface area contributed by atoms with Gasteiger partial charge in [0.05, 0.1) is 17.9 Å². The molecule has 1 aromatic heterocycles. The fraction of sp³-hybridized carbons (Fsp3) is 0.263. The van der Waals surface area contributed by atoms with Gasteiger partial charge in [-0.05, 0) is 56.2 Å². The van der Waals surface area contributed by atoms with Gasteiger partial charge in [-0.15, -0.1) is 0 Å². The molecule has 0 atom stereocenters. The maximum atomic E-state index is 12.8. The molecular weight excluding hydrogens is 367 g/mol. The third-order valence-corrected chi connectivity index (χ3v) is 4.96. The van der Waals surface area contributed by atoms with Crippen molar-refractivity contribution in [1.29, 1.82) is 5.26 Å². The van der Waals surface area contributed by atoms with Crippen molar-refractivity contribution in [2.75, 3.05) is 17.6 Å². The number of hydrogen-bond donors (Lipinski definition) is 2. The maximum absolute atomic E-state index is 12.8. The molecule has 0 saturated heterocycles. The van der Waals surface area contributed by atoms with E-state index in [1.54, 1.807) is 0 Å². The first-order valence-corrected chi connectivity index (χ1v) is 9.13. The number of benzene rings is 1. The lowest BCUT2D eigenvalue weighted by Gasteiger charge is -2.11. The molecule has 1 heterocycles. The van der Waals surface area contributed by atoms with E-state index in [0.717, 1.165) is 28.6 Å². The van der Waals surface area contributed by atoms with E-state index in [1.165, 1.54) is 24.3 Å². The number of aryl methyl sites for hydroxylation is 1. The fourth-order valence-electron chi connectivity index (χ4n) is 2.25. The van der Waals surface area contributed by atoms with Crippen LogP contribution in [0, 0.1) is 37.9 Å². The fourth-order valence-corrected chi connectivity index (χ4v) is 3.16. The van der Waals surface area contributed by atoms with Gasteiger partial charge in [-0.1, -0.05) is 11.8 Å². The van der Waals surface area contributed by atoms with Crippen LogP contribution in [0.5, 0.6) is 0 Å². The van der Waals surface area contributed by atoms with E-state index in [9.17, 15) is 19.2 Å². The lowest BCUT2D eigenvalue weighted by Crippen LogP contribution is -2.33. The molecule has 27 heavy (non-hydrogen) atoms. The predicted molar refractivity (Wildman–Crippen MR) is 102 cm³/mol. The van der Waals surface area contributed by atoms with Crippen LogP contribution >= 0.6 is 11.8 Å². The van der Waals surface area contributed by atoms with E-state index in [0.29, 0.717) is 16.3 Å². The number of carbonyl (C=O) groups excluding carboxylic acids is 2. The third kappa shape index (κ3) is 5.53. The molecule has 6 nitrogen and oxygen atoms in total. The lowest BCUT2D eigenvalue weighted by atomic mass is 10.1. The zero-order valence-electron chi connectivity index (χ0n) is 15.2. The Morgan fingerprint density at radius 2 is 1.81 bits per heavy atom. The van der Waals surface area contributed by atoms with Crippen LogP contribution in [0.2, 0.25) is 0 Å². The van der Waals surface area contributed by atoms with E-state index in [-0.39, 0.29) is 18.2 Å². The number of nitrogens with one attached hydrogen (secondary N) is 2. The topological polar surface area (TPSA) is 94.9 Å². The van der Waals surface area contributed by atoms with Crippen LogP contribution < -0.4 is 10.6 Å². The van der Waals surface area contributed by atoms with Gasteiger partial charge in [-0.2, -0.15) is 5.26 Å². The molecular formula is C19H19FN4O2S. The van der Waals surface area contributed by atoms with E-state index in [1.807, 2.05) is 20.8 Å². The summed E-state index contributed by atoms with van der Waals surface area (Å²) in [6.07, 6.45) is 0. The molecule has 0 saturated carbocycles. The summed E-state index contributed by atoms with van der Waals surface area (Å²) in [6.45, 7) is 5.40. The molecule has 0 fully saturated rings. The third-order valence-electron chi connectivity index (χ3n) is 3.99. The molecule has 0 radical (unpaired) electrons. The highest BCUT2D eigenvalue weighted by molar-refractivity contribution is 8.00. The molecule has 1 aromatic carbocycles. The number of rotatable bonds is 6. The van der Waals surface area contributed by atoms with E-state index < -0.39 is 11.7 Å². The van der Waals surface area contributed by atoms with Gasteiger partial charge in [0.1, 0.15) is 16.9 Å². The molecule has 0 aliphatic rings. The zero-order chi connectivity index (χ0) is 20.0. The van der Waals surface area contributed by atoms with Crippen molar-refractivity contribution in [3.63, 3.8) is 0 Å². The molecule has 8 heteroatoms. The second kappa shape index (κ2) is 9.14.